The Morgan fingerprint density at radius 1 is 1.38 bits per heavy atom. The van der Waals surface area contributed by atoms with Gasteiger partial charge in [-0.15, -0.1) is 12.1 Å². The van der Waals surface area contributed by atoms with Gasteiger partial charge in [-0.3, -0.25) is 0 Å². The first-order valence-electron chi connectivity index (χ1n) is 2.05. The fourth-order valence-electron chi connectivity index (χ4n) is 0.384. The Kier molecular flexibility index (Phi) is 3.54. The van der Waals surface area contributed by atoms with E-state index in [1.54, 1.807) is 24.3 Å². The number of phenolic OH excluding ortho intramolecular Hbond substituents is 1. The van der Waals surface area contributed by atoms with Gasteiger partial charge in [0.15, 0.2) is 0 Å². The zero-order valence-electron chi connectivity index (χ0n) is 4.16. The van der Waals surface area contributed by atoms with E-state index in [2.05, 4.69) is 6.07 Å². The predicted molar refractivity (Wildman–Crippen MR) is 26.9 cm³/mol. The Bertz CT molecular complexity index is 138. The second-order valence-corrected chi connectivity index (χ2v) is 1.25. The summed E-state index contributed by atoms with van der Waals surface area (Å²) in [6.45, 7) is 0. The molecule has 0 aliphatic rings. The molecule has 0 aliphatic carbocycles. The fourth-order valence-corrected chi connectivity index (χ4v) is 0.384. The maximum Gasteiger partial charge on any atom is 0.00397 e. The molecule has 0 unspecified atom stereocenters. The van der Waals surface area contributed by atoms with Crippen molar-refractivity contribution in [3.05, 3.63) is 30.3 Å². The summed E-state index contributed by atoms with van der Waals surface area (Å²) in [6.07, 6.45) is 0. The summed E-state index contributed by atoms with van der Waals surface area (Å²) < 4.78 is 0. The Balaban J connectivity index is 0.000000490. The molecule has 0 spiro atoms. The first kappa shape index (κ1) is 7.71. The number of phenols is 1. The summed E-state index contributed by atoms with van der Waals surface area (Å²) in [5.41, 5.74) is 0. The van der Waals surface area contributed by atoms with Crippen LogP contribution in [-0.4, -0.2) is 5.11 Å². The molecule has 1 aromatic rings. The average Bonchev–Trinajstić information content (AvgIpc) is 1.69. The third-order valence-corrected chi connectivity index (χ3v) is 0.693. The topological polar surface area (TPSA) is 20.2 Å². The quantitative estimate of drug-likeness (QED) is 0.706. The molecule has 1 aromatic carbocycles. The normalized spacial score (nSPS) is 7.50. The van der Waals surface area contributed by atoms with E-state index in [0.29, 0.717) is 0 Å². The Labute approximate surface area is 62.6 Å². The van der Waals surface area contributed by atoms with Gasteiger partial charge in [-0.25, -0.2) is 0 Å². The van der Waals surface area contributed by atoms with Crippen molar-refractivity contribution in [1.82, 2.24) is 0 Å². The van der Waals surface area contributed by atoms with Crippen LogP contribution in [0.25, 0.3) is 0 Å². The summed E-state index contributed by atoms with van der Waals surface area (Å²) in [7, 11) is 0. The molecule has 1 rings (SSSR count). The van der Waals surface area contributed by atoms with E-state index in [0.717, 1.165) is 0 Å². The molecule has 0 amide bonds. The van der Waals surface area contributed by atoms with E-state index in [4.69, 9.17) is 5.11 Å². The van der Waals surface area contributed by atoms with Crippen LogP contribution in [0.15, 0.2) is 24.3 Å². The molecule has 0 bridgehead atoms. The van der Waals surface area contributed by atoms with E-state index in [9.17, 15) is 0 Å². The molecule has 0 fully saturated rings. The van der Waals surface area contributed by atoms with Crippen molar-refractivity contribution in [2.45, 2.75) is 0 Å². The molecule has 0 saturated carbocycles. The number of rotatable bonds is 0. The average molecular weight is 277 g/mol. The van der Waals surface area contributed by atoms with Crippen molar-refractivity contribution in [2.24, 2.45) is 0 Å². The summed E-state index contributed by atoms with van der Waals surface area (Å²) in [5, 5.41) is 8.58. The first-order chi connectivity index (χ1) is 3.39. The second-order valence-electron chi connectivity index (χ2n) is 1.25. The van der Waals surface area contributed by atoms with Crippen LogP contribution < -0.4 is 0 Å². The Morgan fingerprint density at radius 3 is 2.38 bits per heavy atom. The zero-order chi connectivity index (χ0) is 5.11. The molecule has 2 heteroatoms. The largest absolute Gasteiger partial charge is 0.534 e. The molecule has 0 radical (unpaired) electrons. The summed E-state index contributed by atoms with van der Waals surface area (Å²) >= 11 is 0. The van der Waals surface area contributed by atoms with Gasteiger partial charge < -0.3 is 5.11 Å². The van der Waals surface area contributed by atoms with Crippen LogP contribution in [0.1, 0.15) is 0 Å². The zero-order valence-corrected chi connectivity index (χ0v) is 7.10. The molecule has 0 saturated heterocycles. The van der Waals surface area contributed by atoms with Crippen molar-refractivity contribution in [2.75, 3.05) is 0 Å². The van der Waals surface area contributed by atoms with Gasteiger partial charge in [0.1, 0.15) is 0 Å². The minimum Gasteiger partial charge on any atom is -0.534 e. The van der Waals surface area contributed by atoms with Crippen molar-refractivity contribution >= 4 is 0 Å². The molecule has 8 heavy (non-hydrogen) atoms. The van der Waals surface area contributed by atoms with Gasteiger partial charge in [0.2, 0.25) is 0 Å². The molecule has 42 valence electrons. The van der Waals surface area contributed by atoms with Gasteiger partial charge in [-0.1, -0.05) is 0 Å². The standard InChI is InChI=1S/C6H5O.W/c7-6-4-2-1-3-5-6;/h1-4,7H;/q-1;. The molecular formula is C6H5OW-. The SMILES string of the molecule is Oc1[c-]cccc1.[W]. The number of hydrogen-bond donors (Lipinski definition) is 1. The molecule has 0 atom stereocenters. The fraction of sp³-hybridized carbons (Fsp3) is 0. The number of benzene rings is 1. The van der Waals surface area contributed by atoms with Crippen LogP contribution >= 0.6 is 0 Å². The van der Waals surface area contributed by atoms with Crippen molar-refractivity contribution in [3.63, 3.8) is 0 Å². The third kappa shape index (κ3) is 2.13. The van der Waals surface area contributed by atoms with Gasteiger partial charge in [0.05, 0.1) is 0 Å². The number of para-hydroxylation sites is 1. The maximum absolute atomic E-state index is 8.58. The molecule has 0 heterocycles. The summed E-state index contributed by atoms with van der Waals surface area (Å²) in [5.74, 6) is 0.197. The van der Waals surface area contributed by atoms with Gasteiger partial charge >= 0.3 is 0 Å². The Hall–Kier alpha value is -0.292. The summed E-state index contributed by atoms with van der Waals surface area (Å²) in [6, 6.07) is 9.39. The van der Waals surface area contributed by atoms with Crippen molar-refractivity contribution in [3.8, 4) is 5.75 Å². The van der Waals surface area contributed by atoms with Crippen molar-refractivity contribution in [1.29, 1.82) is 0 Å². The van der Waals surface area contributed by atoms with Crippen LogP contribution in [0.2, 0.25) is 0 Å². The van der Waals surface area contributed by atoms with Crippen molar-refractivity contribution < 1.29 is 26.2 Å². The summed E-state index contributed by atoms with van der Waals surface area (Å²) in [4.78, 5) is 0. The van der Waals surface area contributed by atoms with E-state index >= 15 is 0 Å². The molecule has 0 aromatic heterocycles. The van der Waals surface area contributed by atoms with E-state index < -0.39 is 0 Å². The number of hydrogen-bond acceptors (Lipinski definition) is 1. The molecular weight excluding hydrogens is 272 g/mol. The minimum absolute atomic E-state index is 0. The second kappa shape index (κ2) is 3.68. The third-order valence-electron chi connectivity index (χ3n) is 0.693. The molecule has 1 N–H and O–H groups in total. The first-order valence-corrected chi connectivity index (χ1v) is 2.05. The van der Waals surface area contributed by atoms with Gasteiger partial charge in [-0.2, -0.15) is 18.2 Å². The predicted octanol–water partition coefficient (Wildman–Crippen LogP) is 1.19. The Morgan fingerprint density at radius 2 is 2.12 bits per heavy atom. The van der Waals surface area contributed by atoms with Crippen LogP contribution in [0.3, 0.4) is 0 Å². The smallest absolute Gasteiger partial charge is 0.00397 e. The van der Waals surface area contributed by atoms with E-state index in [1.165, 1.54) is 0 Å². The minimum atomic E-state index is 0. The van der Waals surface area contributed by atoms with Crippen LogP contribution in [-0.2, 0) is 21.1 Å². The molecule has 1 nitrogen and oxygen atoms in total. The monoisotopic (exact) mass is 277 g/mol. The van der Waals surface area contributed by atoms with Crippen LogP contribution in [0.5, 0.6) is 5.75 Å². The van der Waals surface area contributed by atoms with Crippen LogP contribution in [0.4, 0.5) is 0 Å². The van der Waals surface area contributed by atoms with Gasteiger partial charge in [0, 0.05) is 26.8 Å². The van der Waals surface area contributed by atoms with E-state index in [1.807, 2.05) is 0 Å². The van der Waals surface area contributed by atoms with Gasteiger partial charge in [-0.05, 0) is 0 Å². The van der Waals surface area contributed by atoms with E-state index in [-0.39, 0.29) is 26.8 Å². The number of aromatic hydroxyl groups is 1. The van der Waals surface area contributed by atoms with Crippen LogP contribution in [0, 0.1) is 6.07 Å². The maximum atomic E-state index is 8.58. The molecule has 0 aliphatic heterocycles. The van der Waals surface area contributed by atoms with Gasteiger partial charge in [0.25, 0.3) is 0 Å².